The predicted octanol–water partition coefficient (Wildman–Crippen LogP) is 3.88. The van der Waals surface area contributed by atoms with E-state index in [1.165, 1.54) is 21.9 Å². The first-order valence-electron chi connectivity index (χ1n) is 11.8. The van der Waals surface area contributed by atoms with Gasteiger partial charge in [0.15, 0.2) is 0 Å². The molecule has 2 saturated heterocycles. The first-order chi connectivity index (χ1) is 16.2. The summed E-state index contributed by atoms with van der Waals surface area (Å²) in [6, 6.07) is 21.5. The van der Waals surface area contributed by atoms with Crippen molar-refractivity contribution < 1.29 is 14.3 Å². The number of nitrogens with zero attached hydrogens (tertiary/aromatic N) is 2. The maximum Gasteiger partial charge on any atom is 0.408 e. The number of benzene rings is 3. The van der Waals surface area contributed by atoms with Crippen LogP contribution in [-0.4, -0.2) is 42.6 Å². The Balaban J connectivity index is 1.15. The lowest BCUT2D eigenvalue weighted by Gasteiger charge is -2.40. The molecule has 3 aromatic rings. The zero-order chi connectivity index (χ0) is 22.2. The Labute approximate surface area is 192 Å². The summed E-state index contributed by atoms with van der Waals surface area (Å²) in [7, 11) is 0. The van der Waals surface area contributed by atoms with Crippen LogP contribution in [0.4, 0.5) is 10.5 Å². The SMILES string of the molecule is O=C1NCC2(O1)C(=O)N(C1CCN(C3Cc4cccc5cccc3c45)CC1)c1ccccc12. The number of carbonyl (C=O) groups is 2. The van der Waals surface area contributed by atoms with E-state index >= 15 is 0 Å². The van der Waals surface area contributed by atoms with Gasteiger partial charge in [-0.1, -0.05) is 54.6 Å². The third-order valence-electron chi connectivity index (χ3n) is 8.01. The highest BCUT2D eigenvalue weighted by molar-refractivity contribution is 6.09. The molecule has 6 heteroatoms. The van der Waals surface area contributed by atoms with E-state index in [9.17, 15) is 9.59 Å². The largest absolute Gasteiger partial charge is 0.426 e. The molecular formula is C27H25N3O3. The maximum absolute atomic E-state index is 13.6. The van der Waals surface area contributed by atoms with Crippen molar-refractivity contribution in [3.05, 3.63) is 77.4 Å². The van der Waals surface area contributed by atoms with Crippen molar-refractivity contribution in [2.24, 2.45) is 0 Å². The number of anilines is 1. The van der Waals surface area contributed by atoms with Crippen LogP contribution in [0.1, 0.15) is 35.6 Å². The minimum Gasteiger partial charge on any atom is -0.426 e. The number of nitrogens with one attached hydrogen (secondary N) is 1. The van der Waals surface area contributed by atoms with Crippen molar-refractivity contribution in [1.82, 2.24) is 10.2 Å². The molecule has 0 radical (unpaired) electrons. The zero-order valence-electron chi connectivity index (χ0n) is 18.3. The lowest BCUT2D eigenvalue weighted by Crippen LogP contribution is -2.51. The number of likely N-dealkylation sites (tertiary alicyclic amines) is 1. The zero-order valence-corrected chi connectivity index (χ0v) is 18.3. The molecule has 33 heavy (non-hydrogen) atoms. The normalized spacial score (nSPS) is 26.8. The molecule has 0 saturated carbocycles. The Kier molecular flexibility index (Phi) is 3.95. The van der Waals surface area contributed by atoms with Crippen LogP contribution in [0.25, 0.3) is 10.8 Å². The van der Waals surface area contributed by atoms with E-state index in [4.69, 9.17) is 4.74 Å². The van der Waals surface area contributed by atoms with E-state index in [2.05, 4.69) is 46.6 Å². The van der Waals surface area contributed by atoms with Crippen molar-refractivity contribution in [2.75, 3.05) is 24.5 Å². The molecule has 1 spiro atoms. The van der Waals surface area contributed by atoms with E-state index in [0.717, 1.165) is 43.6 Å². The highest BCUT2D eigenvalue weighted by Crippen LogP contribution is 2.47. The molecule has 3 aliphatic heterocycles. The lowest BCUT2D eigenvalue weighted by atomic mass is 9.96. The molecule has 6 nitrogen and oxygen atoms in total. The van der Waals surface area contributed by atoms with Gasteiger partial charge < -0.3 is 15.0 Å². The van der Waals surface area contributed by atoms with Gasteiger partial charge in [-0.3, -0.25) is 9.69 Å². The molecule has 2 unspecified atom stereocenters. The van der Waals surface area contributed by atoms with Crippen molar-refractivity contribution in [2.45, 2.75) is 36.9 Å². The number of hydrogen-bond donors (Lipinski definition) is 1. The first kappa shape index (κ1) is 19.1. The third-order valence-corrected chi connectivity index (χ3v) is 8.01. The summed E-state index contributed by atoms with van der Waals surface area (Å²) in [5.74, 6) is -0.112. The van der Waals surface area contributed by atoms with E-state index in [1.807, 2.05) is 29.2 Å². The summed E-state index contributed by atoms with van der Waals surface area (Å²) in [4.78, 5) is 30.0. The number of amides is 2. The number of alkyl carbamates (subject to hydrolysis) is 1. The second-order valence-electron chi connectivity index (χ2n) is 9.61. The van der Waals surface area contributed by atoms with Gasteiger partial charge in [0.25, 0.3) is 5.91 Å². The molecule has 0 bridgehead atoms. The van der Waals surface area contributed by atoms with Gasteiger partial charge in [-0.2, -0.15) is 0 Å². The summed E-state index contributed by atoms with van der Waals surface area (Å²) in [5, 5.41) is 5.44. The fourth-order valence-corrected chi connectivity index (χ4v) is 6.50. The number of carbonyl (C=O) groups excluding carboxylic acids is 2. The highest BCUT2D eigenvalue weighted by atomic mass is 16.6. The van der Waals surface area contributed by atoms with Crippen LogP contribution in [0.2, 0.25) is 0 Å². The molecule has 7 rings (SSSR count). The van der Waals surface area contributed by atoms with Crippen molar-refractivity contribution in [1.29, 1.82) is 0 Å². The molecule has 166 valence electrons. The van der Waals surface area contributed by atoms with Crippen LogP contribution in [0.3, 0.4) is 0 Å². The van der Waals surface area contributed by atoms with Crippen LogP contribution in [0.15, 0.2) is 60.7 Å². The van der Waals surface area contributed by atoms with Gasteiger partial charge in [0.2, 0.25) is 5.60 Å². The summed E-state index contributed by atoms with van der Waals surface area (Å²) in [6.45, 7) is 2.08. The monoisotopic (exact) mass is 439 g/mol. The Bertz CT molecular complexity index is 1310. The molecule has 2 fully saturated rings. The van der Waals surface area contributed by atoms with Gasteiger partial charge in [-0.05, 0) is 47.2 Å². The average Bonchev–Trinajstić information content (AvgIpc) is 3.49. The molecule has 3 aromatic carbocycles. The molecule has 4 aliphatic rings. The van der Waals surface area contributed by atoms with Gasteiger partial charge in [0.05, 0.1) is 12.2 Å². The summed E-state index contributed by atoms with van der Waals surface area (Å²) < 4.78 is 5.59. The molecule has 0 aromatic heterocycles. The standard InChI is InChI=1S/C27H25N3O3/c31-25-27(16-28-26(32)33-27)21-9-1-2-10-22(21)30(25)19-11-13-29(14-12-19)23-15-18-7-3-5-17-6-4-8-20(23)24(17)18/h1-10,19,23H,11-16H2,(H,28,32). The Morgan fingerprint density at radius 2 is 1.73 bits per heavy atom. The smallest absolute Gasteiger partial charge is 0.408 e. The van der Waals surface area contributed by atoms with E-state index in [1.54, 1.807) is 0 Å². The van der Waals surface area contributed by atoms with Crippen LogP contribution >= 0.6 is 0 Å². The molecule has 1 aliphatic carbocycles. The molecule has 2 amide bonds. The van der Waals surface area contributed by atoms with Crippen LogP contribution in [-0.2, 0) is 21.6 Å². The highest BCUT2D eigenvalue weighted by Gasteiger charge is 2.58. The van der Waals surface area contributed by atoms with E-state index < -0.39 is 11.7 Å². The average molecular weight is 440 g/mol. The van der Waals surface area contributed by atoms with Gasteiger partial charge in [0.1, 0.15) is 0 Å². The third kappa shape index (κ3) is 2.58. The molecule has 2 atom stereocenters. The van der Waals surface area contributed by atoms with Crippen molar-refractivity contribution >= 4 is 28.5 Å². The number of piperidine rings is 1. The van der Waals surface area contributed by atoms with Crippen molar-refractivity contribution in [3.8, 4) is 0 Å². The van der Waals surface area contributed by atoms with Crippen molar-refractivity contribution in [3.63, 3.8) is 0 Å². The van der Waals surface area contributed by atoms with Crippen LogP contribution in [0.5, 0.6) is 0 Å². The van der Waals surface area contributed by atoms with Crippen LogP contribution < -0.4 is 10.2 Å². The Morgan fingerprint density at radius 3 is 2.52 bits per heavy atom. The fourth-order valence-electron chi connectivity index (χ4n) is 6.50. The predicted molar refractivity (Wildman–Crippen MR) is 125 cm³/mol. The maximum atomic E-state index is 13.6. The number of rotatable bonds is 2. The number of hydrogen-bond acceptors (Lipinski definition) is 4. The van der Waals surface area contributed by atoms with Gasteiger partial charge in [-0.15, -0.1) is 0 Å². The summed E-state index contributed by atoms with van der Waals surface area (Å²) >= 11 is 0. The van der Waals surface area contributed by atoms with E-state index in [-0.39, 0.29) is 18.5 Å². The minimum absolute atomic E-state index is 0.105. The second-order valence-corrected chi connectivity index (χ2v) is 9.61. The fraction of sp³-hybridized carbons (Fsp3) is 0.333. The topological polar surface area (TPSA) is 61.9 Å². The Morgan fingerprint density at radius 1 is 0.939 bits per heavy atom. The number of ether oxygens (including phenoxy) is 1. The second kappa shape index (κ2) is 6.81. The summed E-state index contributed by atoms with van der Waals surface area (Å²) in [6.07, 6.45) is 2.34. The van der Waals surface area contributed by atoms with Gasteiger partial charge >= 0.3 is 6.09 Å². The van der Waals surface area contributed by atoms with E-state index in [0.29, 0.717) is 6.04 Å². The lowest BCUT2D eigenvalue weighted by molar-refractivity contribution is -0.133. The number of para-hydroxylation sites is 1. The minimum atomic E-state index is -1.21. The number of fused-ring (bicyclic) bond motifs is 2. The van der Waals surface area contributed by atoms with Crippen LogP contribution in [0, 0.1) is 0 Å². The van der Waals surface area contributed by atoms with Gasteiger partial charge in [0, 0.05) is 30.7 Å². The molecule has 1 N–H and O–H groups in total. The van der Waals surface area contributed by atoms with Gasteiger partial charge in [-0.25, -0.2) is 4.79 Å². The molecular weight excluding hydrogens is 414 g/mol. The quantitative estimate of drug-likeness (QED) is 0.658. The first-order valence-corrected chi connectivity index (χ1v) is 11.8. The Hall–Kier alpha value is -3.38. The molecule has 3 heterocycles. The summed E-state index contributed by atoms with van der Waals surface area (Å²) in [5.41, 5.74) is 3.35.